The summed E-state index contributed by atoms with van der Waals surface area (Å²) in [5, 5.41) is -0.0425. The number of sulfone groups is 1. The molecule has 1 aliphatic carbocycles. The SMILES string of the molecule is NCC1(CN)[C@H](c2cccc(Cl)c2)[C@@H]1S(=O)(=O)c1ccccc1. The van der Waals surface area contributed by atoms with Crippen LogP contribution in [-0.2, 0) is 9.84 Å². The highest BCUT2D eigenvalue weighted by Gasteiger charge is 2.69. The van der Waals surface area contributed by atoms with E-state index in [2.05, 4.69) is 0 Å². The van der Waals surface area contributed by atoms with Gasteiger partial charge < -0.3 is 11.5 Å². The average Bonchev–Trinajstić information content (AvgIpc) is 3.26. The highest BCUT2D eigenvalue weighted by molar-refractivity contribution is 7.92. The van der Waals surface area contributed by atoms with Crippen molar-refractivity contribution in [1.29, 1.82) is 0 Å². The van der Waals surface area contributed by atoms with Crippen molar-refractivity contribution < 1.29 is 8.42 Å². The fraction of sp³-hybridized carbons (Fsp3) is 0.294. The molecule has 0 aromatic heterocycles. The normalized spacial score (nSPS) is 22.7. The maximum atomic E-state index is 13.1. The fourth-order valence-electron chi connectivity index (χ4n) is 3.47. The van der Waals surface area contributed by atoms with Crippen LogP contribution >= 0.6 is 11.6 Å². The van der Waals surface area contributed by atoms with Crippen LogP contribution in [0.1, 0.15) is 11.5 Å². The zero-order valence-electron chi connectivity index (χ0n) is 12.5. The monoisotopic (exact) mass is 350 g/mol. The molecule has 1 saturated carbocycles. The van der Waals surface area contributed by atoms with E-state index in [1.165, 1.54) is 0 Å². The average molecular weight is 351 g/mol. The van der Waals surface area contributed by atoms with Crippen molar-refractivity contribution in [2.45, 2.75) is 16.1 Å². The lowest BCUT2D eigenvalue weighted by Gasteiger charge is -2.13. The Bertz CT molecular complexity index is 804. The lowest BCUT2D eigenvalue weighted by Crippen LogP contribution is -2.31. The Kier molecular flexibility index (Phi) is 4.23. The molecule has 0 aliphatic heterocycles. The van der Waals surface area contributed by atoms with Gasteiger partial charge in [-0.05, 0) is 29.8 Å². The third-order valence-corrected chi connectivity index (χ3v) is 7.33. The zero-order chi connectivity index (χ0) is 16.7. The Labute approximate surface area is 141 Å². The molecular formula is C17H19ClN2O2S. The van der Waals surface area contributed by atoms with Crippen molar-refractivity contribution >= 4 is 21.4 Å². The summed E-state index contributed by atoms with van der Waals surface area (Å²) in [5.41, 5.74) is 12.1. The highest BCUT2D eigenvalue weighted by atomic mass is 35.5. The molecule has 122 valence electrons. The van der Waals surface area contributed by atoms with E-state index in [1.807, 2.05) is 12.1 Å². The highest BCUT2D eigenvalue weighted by Crippen LogP contribution is 2.63. The second-order valence-electron chi connectivity index (χ2n) is 5.95. The molecule has 2 aromatic carbocycles. The summed E-state index contributed by atoms with van der Waals surface area (Å²) >= 11 is 6.06. The standard InChI is InChI=1S/C17H19ClN2O2S/c18-13-6-4-5-12(9-13)15-16(17(15,10-19)11-20)23(21,22)14-7-2-1-3-8-14/h1-9,15-16H,10-11,19-20H2/t15-,16+/m1/s1. The van der Waals surface area contributed by atoms with Gasteiger partial charge in [-0.2, -0.15) is 0 Å². The second-order valence-corrected chi connectivity index (χ2v) is 8.46. The van der Waals surface area contributed by atoms with Gasteiger partial charge in [-0.3, -0.25) is 0 Å². The number of nitrogens with two attached hydrogens (primary N) is 2. The van der Waals surface area contributed by atoms with Crippen molar-refractivity contribution in [3.63, 3.8) is 0 Å². The summed E-state index contributed by atoms with van der Waals surface area (Å²) in [5.74, 6) is -0.235. The van der Waals surface area contributed by atoms with Gasteiger partial charge in [0, 0.05) is 29.4 Å². The Hall–Kier alpha value is -1.40. The van der Waals surface area contributed by atoms with Crippen LogP contribution in [0, 0.1) is 5.41 Å². The summed E-state index contributed by atoms with van der Waals surface area (Å²) in [6, 6.07) is 15.7. The molecule has 0 radical (unpaired) electrons. The van der Waals surface area contributed by atoms with Crippen LogP contribution in [0.4, 0.5) is 0 Å². The number of rotatable bonds is 5. The van der Waals surface area contributed by atoms with E-state index in [-0.39, 0.29) is 19.0 Å². The van der Waals surface area contributed by atoms with Gasteiger partial charge >= 0.3 is 0 Å². The summed E-state index contributed by atoms with van der Waals surface area (Å²) in [7, 11) is -3.51. The van der Waals surface area contributed by atoms with Crippen molar-refractivity contribution in [2.24, 2.45) is 16.9 Å². The van der Waals surface area contributed by atoms with E-state index in [0.29, 0.717) is 9.92 Å². The molecule has 4 N–H and O–H groups in total. The zero-order valence-corrected chi connectivity index (χ0v) is 14.1. The van der Waals surface area contributed by atoms with Gasteiger partial charge in [0.15, 0.2) is 9.84 Å². The first-order chi connectivity index (χ1) is 11.0. The van der Waals surface area contributed by atoms with Gasteiger partial charge in [0.25, 0.3) is 0 Å². The molecular weight excluding hydrogens is 332 g/mol. The summed E-state index contributed by atoms with van der Waals surface area (Å²) in [6.45, 7) is 0.439. The predicted octanol–water partition coefficient (Wildman–Crippen LogP) is 2.18. The molecule has 0 amide bonds. The molecule has 1 aliphatic rings. The maximum Gasteiger partial charge on any atom is 0.182 e. The quantitative estimate of drug-likeness (QED) is 0.865. The molecule has 23 heavy (non-hydrogen) atoms. The molecule has 0 spiro atoms. The summed E-state index contributed by atoms with van der Waals surface area (Å²) in [6.07, 6.45) is 0. The van der Waals surface area contributed by atoms with E-state index in [9.17, 15) is 8.42 Å². The van der Waals surface area contributed by atoms with Gasteiger partial charge in [0.1, 0.15) is 0 Å². The smallest absolute Gasteiger partial charge is 0.182 e. The number of benzene rings is 2. The summed E-state index contributed by atoms with van der Waals surface area (Å²) < 4.78 is 26.1. The largest absolute Gasteiger partial charge is 0.330 e. The van der Waals surface area contributed by atoms with E-state index < -0.39 is 20.5 Å². The van der Waals surface area contributed by atoms with E-state index >= 15 is 0 Å². The first kappa shape index (κ1) is 16.5. The Morgan fingerprint density at radius 3 is 2.22 bits per heavy atom. The third-order valence-electron chi connectivity index (χ3n) is 4.75. The van der Waals surface area contributed by atoms with Crippen LogP contribution in [0.2, 0.25) is 5.02 Å². The molecule has 2 aromatic rings. The van der Waals surface area contributed by atoms with Crippen molar-refractivity contribution in [2.75, 3.05) is 13.1 Å². The minimum atomic E-state index is -3.51. The third kappa shape index (κ3) is 2.58. The van der Waals surface area contributed by atoms with Crippen LogP contribution < -0.4 is 11.5 Å². The van der Waals surface area contributed by atoms with Gasteiger partial charge in [-0.15, -0.1) is 0 Å². The second kappa shape index (κ2) is 5.91. The van der Waals surface area contributed by atoms with Crippen LogP contribution in [0.25, 0.3) is 0 Å². The molecule has 3 rings (SSSR count). The molecule has 0 unspecified atom stereocenters. The Morgan fingerprint density at radius 2 is 1.65 bits per heavy atom. The lowest BCUT2D eigenvalue weighted by molar-refractivity contribution is 0.510. The van der Waals surface area contributed by atoms with E-state index in [1.54, 1.807) is 42.5 Å². The molecule has 6 heteroatoms. The van der Waals surface area contributed by atoms with Gasteiger partial charge in [0.05, 0.1) is 10.1 Å². The van der Waals surface area contributed by atoms with Crippen LogP contribution in [-0.4, -0.2) is 26.8 Å². The first-order valence-electron chi connectivity index (χ1n) is 7.42. The number of hydrogen-bond acceptors (Lipinski definition) is 4. The molecule has 2 atom stereocenters. The number of hydrogen-bond donors (Lipinski definition) is 2. The number of halogens is 1. The maximum absolute atomic E-state index is 13.1. The van der Waals surface area contributed by atoms with Gasteiger partial charge in [-0.1, -0.05) is 41.9 Å². The van der Waals surface area contributed by atoms with E-state index in [0.717, 1.165) is 5.56 Å². The topological polar surface area (TPSA) is 86.2 Å². The Balaban J connectivity index is 2.07. The minimum absolute atomic E-state index is 0.220. The van der Waals surface area contributed by atoms with Crippen molar-refractivity contribution in [1.82, 2.24) is 0 Å². The molecule has 0 saturated heterocycles. The van der Waals surface area contributed by atoms with Crippen molar-refractivity contribution in [3.05, 3.63) is 65.2 Å². The van der Waals surface area contributed by atoms with E-state index in [4.69, 9.17) is 23.1 Å². The molecule has 0 bridgehead atoms. The molecule has 0 heterocycles. The predicted molar refractivity (Wildman–Crippen MR) is 92.2 cm³/mol. The van der Waals surface area contributed by atoms with Gasteiger partial charge in [0.2, 0.25) is 0 Å². The molecule has 1 fully saturated rings. The fourth-order valence-corrected chi connectivity index (χ4v) is 6.17. The molecule has 4 nitrogen and oxygen atoms in total. The summed E-state index contributed by atoms with van der Waals surface area (Å²) in [4.78, 5) is 0.306. The van der Waals surface area contributed by atoms with Crippen LogP contribution in [0.5, 0.6) is 0 Å². The lowest BCUT2D eigenvalue weighted by atomic mass is 9.99. The van der Waals surface area contributed by atoms with Crippen molar-refractivity contribution in [3.8, 4) is 0 Å². The van der Waals surface area contributed by atoms with Crippen LogP contribution in [0.15, 0.2) is 59.5 Å². The first-order valence-corrected chi connectivity index (χ1v) is 9.34. The van der Waals surface area contributed by atoms with Crippen LogP contribution in [0.3, 0.4) is 0 Å². The minimum Gasteiger partial charge on any atom is -0.330 e. The van der Waals surface area contributed by atoms with Gasteiger partial charge in [-0.25, -0.2) is 8.42 Å². The Morgan fingerprint density at radius 1 is 1.00 bits per heavy atom.